The number of likely N-dealkylation sites (tertiary alicyclic amines) is 1. The number of aryl methyl sites for hydroxylation is 1. The third-order valence-corrected chi connectivity index (χ3v) is 6.30. The van der Waals surface area contributed by atoms with Crippen LogP contribution in [0, 0.1) is 11.8 Å². The fourth-order valence-electron chi connectivity index (χ4n) is 4.77. The molecule has 0 spiro atoms. The van der Waals surface area contributed by atoms with Crippen molar-refractivity contribution in [2.75, 3.05) is 33.1 Å². The summed E-state index contributed by atoms with van der Waals surface area (Å²) in [5.41, 5.74) is 1.07. The van der Waals surface area contributed by atoms with Gasteiger partial charge in [0.05, 0.1) is 0 Å². The number of nitrogens with zero attached hydrogens (tertiary/aromatic N) is 1. The van der Waals surface area contributed by atoms with Crippen molar-refractivity contribution in [3.05, 3.63) is 23.8 Å². The Bertz CT molecular complexity index is 753. The number of rotatable bonds is 7. The topological polar surface area (TPSA) is 77.1 Å². The van der Waals surface area contributed by atoms with Crippen LogP contribution in [0.5, 0.6) is 11.5 Å². The van der Waals surface area contributed by atoms with Gasteiger partial charge >= 0.3 is 0 Å². The molecule has 2 fully saturated rings. The molecule has 0 aromatic heterocycles. The number of benzene rings is 1. The van der Waals surface area contributed by atoms with Gasteiger partial charge in [-0.3, -0.25) is 9.59 Å². The monoisotopic (exact) mass is 402 g/mol. The third kappa shape index (κ3) is 4.66. The highest BCUT2D eigenvalue weighted by atomic mass is 16.7. The van der Waals surface area contributed by atoms with Crippen LogP contribution in [0.15, 0.2) is 18.2 Å². The summed E-state index contributed by atoms with van der Waals surface area (Å²) in [6.45, 7) is 4.38. The number of hydrogen-bond donors (Lipinski definition) is 1. The summed E-state index contributed by atoms with van der Waals surface area (Å²) in [6, 6.07) is 5.98. The Morgan fingerprint density at radius 1 is 1.21 bits per heavy atom. The zero-order chi connectivity index (χ0) is 20.2. The number of carbonyl (C=O) groups is 2. The van der Waals surface area contributed by atoms with E-state index in [4.69, 9.17) is 14.2 Å². The molecule has 2 aliphatic heterocycles. The standard InChI is InChI=1S/C22H30N2O5/c1-2-27-13-22(26)24-11-16-4-3-5-18(17(16)12-24)23-21(25)9-7-15-6-8-19-20(10-15)29-14-28-19/h6,8,10,16-18H,2-5,7,9,11-14H2,1H3,(H,23,25)/t16-,17+,18-/m0/s1. The average molecular weight is 402 g/mol. The van der Waals surface area contributed by atoms with Crippen molar-refractivity contribution in [1.29, 1.82) is 0 Å². The summed E-state index contributed by atoms with van der Waals surface area (Å²) in [7, 11) is 0. The Hall–Kier alpha value is -2.28. The molecule has 1 saturated carbocycles. The lowest BCUT2D eigenvalue weighted by molar-refractivity contribution is -0.135. The summed E-state index contributed by atoms with van der Waals surface area (Å²) in [6.07, 6.45) is 4.33. The highest BCUT2D eigenvalue weighted by Crippen LogP contribution is 2.37. The zero-order valence-electron chi connectivity index (χ0n) is 17.0. The van der Waals surface area contributed by atoms with E-state index in [9.17, 15) is 9.59 Å². The number of nitrogens with one attached hydrogen (secondary N) is 1. The van der Waals surface area contributed by atoms with Gasteiger partial charge in [-0.15, -0.1) is 0 Å². The van der Waals surface area contributed by atoms with Gasteiger partial charge in [0.1, 0.15) is 6.61 Å². The molecule has 7 nitrogen and oxygen atoms in total. The van der Waals surface area contributed by atoms with Gasteiger partial charge in [0, 0.05) is 38.1 Å². The van der Waals surface area contributed by atoms with Gasteiger partial charge in [-0.05, 0) is 49.8 Å². The van der Waals surface area contributed by atoms with Gasteiger partial charge in [0.2, 0.25) is 18.6 Å². The lowest BCUT2D eigenvalue weighted by Crippen LogP contribution is -2.45. The Kier molecular flexibility index (Phi) is 6.23. The van der Waals surface area contributed by atoms with Gasteiger partial charge in [-0.25, -0.2) is 0 Å². The number of fused-ring (bicyclic) bond motifs is 2. The molecule has 1 saturated heterocycles. The largest absolute Gasteiger partial charge is 0.454 e. The van der Waals surface area contributed by atoms with E-state index < -0.39 is 0 Å². The Morgan fingerprint density at radius 2 is 2.07 bits per heavy atom. The van der Waals surface area contributed by atoms with Crippen molar-refractivity contribution >= 4 is 11.8 Å². The van der Waals surface area contributed by atoms with Crippen LogP contribution in [0.1, 0.15) is 38.2 Å². The van der Waals surface area contributed by atoms with Crippen molar-refractivity contribution in [3.63, 3.8) is 0 Å². The lowest BCUT2D eigenvalue weighted by atomic mass is 9.78. The first kappa shape index (κ1) is 20.0. The average Bonchev–Trinajstić information content (AvgIpc) is 3.37. The van der Waals surface area contributed by atoms with Crippen LogP contribution in [0.25, 0.3) is 0 Å². The molecular weight excluding hydrogens is 372 g/mol. The van der Waals surface area contributed by atoms with Crippen LogP contribution in [0.3, 0.4) is 0 Å². The molecule has 7 heteroatoms. The Balaban J connectivity index is 1.28. The van der Waals surface area contributed by atoms with E-state index in [-0.39, 0.29) is 31.3 Å². The molecule has 1 N–H and O–H groups in total. The maximum absolute atomic E-state index is 12.6. The number of ether oxygens (including phenoxy) is 3. The minimum Gasteiger partial charge on any atom is -0.454 e. The minimum atomic E-state index is 0.0640. The SMILES string of the molecule is CCOCC(=O)N1C[C@@H]2CCC[C@H](NC(=O)CCc3ccc4c(c3)OCO4)[C@@H]2C1. The number of hydrogen-bond acceptors (Lipinski definition) is 5. The second-order valence-corrected chi connectivity index (χ2v) is 8.15. The quantitative estimate of drug-likeness (QED) is 0.756. The summed E-state index contributed by atoms with van der Waals surface area (Å²) >= 11 is 0. The van der Waals surface area contributed by atoms with E-state index in [0.29, 0.717) is 31.3 Å². The number of carbonyl (C=O) groups excluding carboxylic acids is 2. The molecular formula is C22H30N2O5. The van der Waals surface area contributed by atoms with Crippen molar-refractivity contribution in [3.8, 4) is 11.5 Å². The molecule has 158 valence electrons. The van der Waals surface area contributed by atoms with Crippen LogP contribution in [-0.2, 0) is 20.7 Å². The molecule has 0 unspecified atom stereocenters. The summed E-state index contributed by atoms with van der Waals surface area (Å²) in [5.74, 6) is 2.48. The van der Waals surface area contributed by atoms with Crippen LogP contribution in [0.4, 0.5) is 0 Å². The van der Waals surface area contributed by atoms with Gasteiger partial charge in [-0.2, -0.15) is 0 Å². The van der Waals surface area contributed by atoms with Crippen molar-refractivity contribution in [1.82, 2.24) is 10.2 Å². The van der Waals surface area contributed by atoms with E-state index in [1.807, 2.05) is 30.0 Å². The molecule has 2 heterocycles. The van der Waals surface area contributed by atoms with Crippen molar-refractivity contribution in [2.45, 2.75) is 45.1 Å². The van der Waals surface area contributed by atoms with E-state index in [1.165, 1.54) is 0 Å². The molecule has 4 rings (SSSR count). The fourth-order valence-corrected chi connectivity index (χ4v) is 4.77. The minimum absolute atomic E-state index is 0.0640. The van der Waals surface area contributed by atoms with Gasteiger partial charge in [0.25, 0.3) is 0 Å². The molecule has 2 amide bonds. The fraction of sp³-hybridized carbons (Fsp3) is 0.636. The van der Waals surface area contributed by atoms with Gasteiger partial charge in [0.15, 0.2) is 11.5 Å². The van der Waals surface area contributed by atoms with E-state index in [0.717, 1.165) is 49.4 Å². The molecule has 1 aliphatic carbocycles. The van der Waals surface area contributed by atoms with E-state index >= 15 is 0 Å². The molecule has 3 aliphatic rings. The Morgan fingerprint density at radius 3 is 2.93 bits per heavy atom. The van der Waals surface area contributed by atoms with E-state index in [2.05, 4.69) is 5.32 Å². The third-order valence-electron chi connectivity index (χ3n) is 6.30. The molecule has 1 aromatic rings. The Labute approximate surface area is 171 Å². The molecule has 3 atom stereocenters. The second kappa shape index (κ2) is 9.03. The predicted molar refractivity (Wildman–Crippen MR) is 107 cm³/mol. The first-order valence-electron chi connectivity index (χ1n) is 10.7. The first-order valence-corrected chi connectivity index (χ1v) is 10.7. The summed E-state index contributed by atoms with van der Waals surface area (Å²) in [4.78, 5) is 26.8. The van der Waals surface area contributed by atoms with Crippen LogP contribution >= 0.6 is 0 Å². The second-order valence-electron chi connectivity index (χ2n) is 8.15. The molecule has 0 radical (unpaired) electrons. The predicted octanol–water partition coefficient (Wildman–Crippen LogP) is 2.13. The van der Waals surface area contributed by atoms with Crippen molar-refractivity contribution < 1.29 is 23.8 Å². The number of amides is 2. The van der Waals surface area contributed by atoms with Gasteiger partial charge < -0.3 is 24.4 Å². The van der Waals surface area contributed by atoms with E-state index in [1.54, 1.807) is 0 Å². The van der Waals surface area contributed by atoms with Crippen molar-refractivity contribution in [2.24, 2.45) is 11.8 Å². The van der Waals surface area contributed by atoms with Crippen LogP contribution in [-0.4, -0.2) is 55.9 Å². The zero-order valence-corrected chi connectivity index (χ0v) is 17.0. The highest BCUT2D eigenvalue weighted by molar-refractivity contribution is 5.78. The smallest absolute Gasteiger partial charge is 0.248 e. The maximum atomic E-state index is 12.6. The van der Waals surface area contributed by atoms with Gasteiger partial charge in [-0.1, -0.05) is 12.5 Å². The first-order chi connectivity index (χ1) is 14.1. The maximum Gasteiger partial charge on any atom is 0.248 e. The normalized spacial score (nSPS) is 25.0. The lowest BCUT2D eigenvalue weighted by Gasteiger charge is -2.33. The highest BCUT2D eigenvalue weighted by Gasteiger charge is 2.42. The van der Waals surface area contributed by atoms with Crippen LogP contribution in [0.2, 0.25) is 0 Å². The molecule has 0 bridgehead atoms. The molecule has 1 aromatic carbocycles. The van der Waals surface area contributed by atoms with Crippen LogP contribution < -0.4 is 14.8 Å². The molecule has 29 heavy (non-hydrogen) atoms. The summed E-state index contributed by atoms with van der Waals surface area (Å²) < 4.78 is 16.0. The summed E-state index contributed by atoms with van der Waals surface area (Å²) in [5, 5.41) is 3.25.